The Kier molecular flexibility index (Phi) is 4.57. The number of aliphatic hydroxyl groups excluding tert-OH is 1. The van der Waals surface area contributed by atoms with Crippen molar-refractivity contribution < 1.29 is 19.0 Å². The predicted octanol–water partition coefficient (Wildman–Crippen LogP) is 2.70. The van der Waals surface area contributed by atoms with Gasteiger partial charge in [-0.25, -0.2) is 4.39 Å². The zero-order chi connectivity index (χ0) is 14.7. The fourth-order valence-corrected chi connectivity index (χ4v) is 3.54. The van der Waals surface area contributed by atoms with Gasteiger partial charge in [0.15, 0.2) is 0 Å². The van der Waals surface area contributed by atoms with E-state index in [0.29, 0.717) is 18.6 Å². The highest BCUT2D eigenvalue weighted by Gasteiger charge is 2.40. The van der Waals surface area contributed by atoms with E-state index in [1.165, 1.54) is 6.07 Å². The number of benzene rings is 1. The molecule has 0 amide bonds. The van der Waals surface area contributed by atoms with Crippen LogP contribution in [0.4, 0.5) is 4.39 Å². The molecule has 2 heterocycles. The molecule has 1 aromatic rings. The molecule has 0 saturated carbocycles. The van der Waals surface area contributed by atoms with Crippen LogP contribution in [0.25, 0.3) is 0 Å². The predicted molar refractivity (Wildman–Crippen MR) is 77.6 cm³/mol. The van der Waals surface area contributed by atoms with Gasteiger partial charge in [-0.3, -0.25) is 0 Å². The van der Waals surface area contributed by atoms with Crippen molar-refractivity contribution in [2.24, 2.45) is 5.92 Å². The van der Waals surface area contributed by atoms with E-state index in [2.05, 4.69) is 0 Å². The van der Waals surface area contributed by atoms with E-state index in [1.54, 1.807) is 12.1 Å². The molecule has 2 aliphatic heterocycles. The van der Waals surface area contributed by atoms with E-state index in [1.807, 2.05) is 6.07 Å². The molecule has 2 unspecified atom stereocenters. The van der Waals surface area contributed by atoms with Crippen molar-refractivity contribution >= 4 is 0 Å². The Hall–Kier alpha value is -0.970. The summed E-state index contributed by atoms with van der Waals surface area (Å²) in [7, 11) is 0. The van der Waals surface area contributed by atoms with Gasteiger partial charge in [0, 0.05) is 26.2 Å². The van der Waals surface area contributed by atoms with E-state index in [-0.39, 0.29) is 17.3 Å². The van der Waals surface area contributed by atoms with Crippen LogP contribution in [-0.4, -0.2) is 36.6 Å². The molecule has 2 atom stereocenters. The normalized spacial score (nSPS) is 26.7. The zero-order valence-electron chi connectivity index (χ0n) is 12.3. The number of rotatable bonds is 3. The van der Waals surface area contributed by atoms with Gasteiger partial charge in [0.25, 0.3) is 0 Å². The van der Waals surface area contributed by atoms with E-state index in [4.69, 9.17) is 9.47 Å². The second kappa shape index (κ2) is 6.42. The Labute approximate surface area is 125 Å². The number of halogens is 1. The Balaban J connectivity index is 1.64. The first-order chi connectivity index (χ1) is 10.2. The van der Waals surface area contributed by atoms with Gasteiger partial charge in [0.2, 0.25) is 0 Å². The van der Waals surface area contributed by atoms with Crippen LogP contribution in [-0.2, 0) is 15.9 Å². The van der Waals surface area contributed by atoms with Gasteiger partial charge < -0.3 is 14.6 Å². The highest BCUT2D eigenvalue weighted by Crippen LogP contribution is 2.38. The smallest absolute Gasteiger partial charge is 0.126 e. The molecule has 0 aromatic heterocycles. The minimum atomic E-state index is -0.509. The van der Waals surface area contributed by atoms with Gasteiger partial charge in [-0.05, 0) is 43.2 Å². The molecule has 21 heavy (non-hydrogen) atoms. The van der Waals surface area contributed by atoms with Crippen LogP contribution in [0.5, 0.6) is 0 Å². The zero-order valence-corrected chi connectivity index (χ0v) is 12.3. The van der Waals surface area contributed by atoms with Crippen molar-refractivity contribution in [1.82, 2.24) is 0 Å². The van der Waals surface area contributed by atoms with Crippen molar-refractivity contribution in [2.45, 2.75) is 43.8 Å². The van der Waals surface area contributed by atoms with Crippen molar-refractivity contribution in [3.63, 3.8) is 0 Å². The molecule has 4 heteroatoms. The maximum atomic E-state index is 13.7. The van der Waals surface area contributed by atoms with Crippen molar-refractivity contribution in [3.8, 4) is 0 Å². The van der Waals surface area contributed by atoms with E-state index in [0.717, 1.165) is 38.9 Å². The monoisotopic (exact) mass is 294 g/mol. The second-order valence-electron chi connectivity index (χ2n) is 6.26. The maximum Gasteiger partial charge on any atom is 0.126 e. The Morgan fingerprint density at radius 3 is 2.76 bits per heavy atom. The molecule has 1 N–H and O–H groups in total. The second-order valence-corrected chi connectivity index (χ2v) is 6.26. The van der Waals surface area contributed by atoms with Crippen LogP contribution in [0, 0.1) is 11.7 Å². The average Bonchev–Trinajstić information content (AvgIpc) is 2.50. The number of ether oxygens (including phenoxy) is 2. The van der Waals surface area contributed by atoms with Crippen LogP contribution < -0.4 is 0 Å². The molecular weight excluding hydrogens is 271 g/mol. The summed E-state index contributed by atoms with van der Waals surface area (Å²) in [6, 6.07) is 6.69. The first-order valence-corrected chi connectivity index (χ1v) is 7.82. The topological polar surface area (TPSA) is 38.7 Å². The number of hydrogen-bond acceptors (Lipinski definition) is 3. The lowest BCUT2D eigenvalue weighted by Gasteiger charge is -2.44. The van der Waals surface area contributed by atoms with E-state index in [9.17, 15) is 9.50 Å². The summed E-state index contributed by atoms with van der Waals surface area (Å²) in [5, 5.41) is 10.5. The standard InChI is InChI=1S/C17H23FO3/c18-15-4-2-1-3-13(15)11-16(19)14-5-8-21-17(12-14)6-9-20-10-7-17/h1-4,14,16,19H,5-12H2. The minimum Gasteiger partial charge on any atom is -0.392 e. The van der Waals surface area contributed by atoms with Gasteiger partial charge >= 0.3 is 0 Å². The highest BCUT2D eigenvalue weighted by atomic mass is 19.1. The SMILES string of the molecule is OC(Cc1ccccc1F)C1CCOC2(CCOCC2)C1. The van der Waals surface area contributed by atoms with Crippen molar-refractivity contribution in [1.29, 1.82) is 0 Å². The van der Waals surface area contributed by atoms with Gasteiger partial charge in [-0.2, -0.15) is 0 Å². The molecule has 0 bridgehead atoms. The largest absolute Gasteiger partial charge is 0.392 e. The summed E-state index contributed by atoms with van der Waals surface area (Å²) in [6.07, 6.45) is 3.37. The molecule has 116 valence electrons. The molecule has 1 spiro atoms. The molecule has 3 rings (SSSR count). The molecule has 2 saturated heterocycles. The minimum absolute atomic E-state index is 0.128. The lowest BCUT2D eigenvalue weighted by atomic mass is 9.77. The average molecular weight is 294 g/mol. The first kappa shape index (κ1) is 14.9. The summed E-state index contributed by atoms with van der Waals surface area (Å²) in [5.41, 5.74) is 0.467. The Bertz CT molecular complexity index is 465. The number of aliphatic hydroxyl groups is 1. The van der Waals surface area contributed by atoms with Crippen LogP contribution in [0.1, 0.15) is 31.2 Å². The quantitative estimate of drug-likeness (QED) is 0.931. The molecule has 2 fully saturated rings. The fourth-order valence-electron chi connectivity index (χ4n) is 3.54. The summed E-state index contributed by atoms with van der Waals surface area (Å²) in [6.45, 7) is 2.14. The summed E-state index contributed by atoms with van der Waals surface area (Å²) in [4.78, 5) is 0. The third-order valence-corrected chi connectivity index (χ3v) is 4.87. The fraction of sp³-hybridized carbons (Fsp3) is 0.647. The lowest BCUT2D eigenvalue weighted by Crippen LogP contribution is -2.47. The van der Waals surface area contributed by atoms with Crippen molar-refractivity contribution in [3.05, 3.63) is 35.6 Å². The Morgan fingerprint density at radius 2 is 2.00 bits per heavy atom. The molecule has 0 aliphatic carbocycles. The lowest BCUT2D eigenvalue weighted by molar-refractivity contribution is -0.158. The van der Waals surface area contributed by atoms with Crippen LogP contribution in [0.3, 0.4) is 0 Å². The van der Waals surface area contributed by atoms with Gasteiger partial charge in [-0.1, -0.05) is 18.2 Å². The van der Waals surface area contributed by atoms with Crippen LogP contribution in [0.15, 0.2) is 24.3 Å². The molecule has 3 nitrogen and oxygen atoms in total. The summed E-state index contributed by atoms with van der Waals surface area (Å²) < 4.78 is 25.1. The summed E-state index contributed by atoms with van der Waals surface area (Å²) in [5.74, 6) is -0.0548. The Morgan fingerprint density at radius 1 is 1.24 bits per heavy atom. The van der Waals surface area contributed by atoms with Gasteiger partial charge in [0.1, 0.15) is 5.82 Å². The number of hydrogen-bond donors (Lipinski definition) is 1. The van der Waals surface area contributed by atoms with Gasteiger partial charge in [-0.15, -0.1) is 0 Å². The highest BCUT2D eigenvalue weighted by molar-refractivity contribution is 5.18. The van der Waals surface area contributed by atoms with Crippen LogP contribution >= 0.6 is 0 Å². The van der Waals surface area contributed by atoms with E-state index >= 15 is 0 Å². The third-order valence-electron chi connectivity index (χ3n) is 4.87. The molecule has 1 aromatic carbocycles. The molecule has 0 radical (unpaired) electrons. The first-order valence-electron chi connectivity index (χ1n) is 7.82. The van der Waals surface area contributed by atoms with Gasteiger partial charge in [0.05, 0.1) is 11.7 Å². The van der Waals surface area contributed by atoms with Crippen LogP contribution in [0.2, 0.25) is 0 Å². The third kappa shape index (κ3) is 3.44. The maximum absolute atomic E-state index is 13.7. The van der Waals surface area contributed by atoms with Crippen molar-refractivity contribution in [2.75, 3.05) is 19.8 Å². The molecular formula is C17H23FO3. The molecule has 2 aliphatic rings. The summed E-state index contributed by atoms with van der Waals surface area (Å²) >= 11 is 0. The van der Waals surface area contributed by atoms with E-state index < -0.39 is 6.10 Å².